The molecule has 1 rings (SSSR count). The van der Waals surface area contributed by atoms with E-state index in [1.54, 1.807) is 24.3 Å². The van der Waals surface area contributed by atoms with Gasteiger partial charge in [0.1, 0.15) is 0 Å². The van der Waals surface area contributed by atoms with Crippen LogP contribution in [-0.4, -0.2) is 38.0 Å². The zero-order chi connectivity index (χ0) is 17.2. The molecule has 0 spiro atoms. The molecule has 0 radical (unpaired) electrons. The first-order chi connectivity index (χ1) is 11.0. The number of nitrogens with one attached hydrogen (secondary N) is 1. The van der Waals surface area contributed by atoms with E-state index in [-0.39, 0.29) is 11.8 Å². The van der Waals surface area contributed by atoms with Crippen LogP contribution in [0.2, 0.25) is 0 Å². The molecular formula is C17H24N2O4. The Labute approximate surface area is 136 Å². The summed E-state index contributed by atoms with van der Waals surface area (Å²) in [6.07, 6.45) is 2.31. The molecule has 6 nitrogen and oxygen atoms in total. The quantitative estimate of drug-likeness (QED) is 0.745. The van der Waals surface area contributed by atoms with E-state index in [1.807, 2.05) is 6.92 Å². The number of hydrogen-bond acceptors (Lipinski definition) is 4. The number of unbranched alkanes of at least 4 members (excludes halogenated alkanes) is 1. The molecule has 0 aliphatic heterocycles. The second-order valence-electron chi connectivity index (χ2n) is 5.17. The van der Waals surface area contributed by atoms with Gasteiger partial charge in [0.05, 0.1) is 12.7 Å². The summed E-state index contributed by atoms with van der Waals surface area (Å²) in [5.41, 5.74) is 0.978. The van der Waals surface area contributed by atoms with Crippen LogP contribution in [-0.2, 0) is 14.3 Å². The molecule has 6 heteroatoms. The van der Waals surface area contributed by atoms with E-state index in [9.17, 15) is 14.4 Å². The van der Waals surface area contributed by atoms with Crippen LogP contribution in [0.3, 0.4) is 0 Å². The van der Waals surface area contributed by atoms with Crippen molar-refractivity contribution in [2.24, 2.45) is 0 Å². The van der Waals surface area contributed by atoms with Crippen LogP contribution in [0.25, 0.3) is 0 Å². The molecule has 1 aromatic carbocycles. The van der Waals surface area contributed by atoms with Crippen molar-refractivity contribution in [2.45, 2.75) is 33.1 Å². The van der Waals surface area contributed by atoms with Crippen LogP contribution in [0.15, 0.2) is 24.3 Å². The first-order valence-electron chi connectivity index (χ1n) is 7.72. The minimum Gasteiger partial charge on any atom is -0.465 e. The summed E-state index contributed by atoms with van der Waals surface area (Å²) in [7, 11) is 1.31. The summed E-state index contributed by atoms with van der Waals surface area (Å²) < 4.78 is 4.68. The molecule has 0 saturated heterocycles. The topological polar surface area (TPSA) is 75.7 Å². The van der Waals surface area contributed by atoms with Gasteiger partial charge in [-0.25, -0.2) is 4.79 Å². The molecule has 0 atom stereocenters. The van der Waals surface area contributed by atoms with Gasteiger partial charge in [-0.05, 0) is 24.6 Å². The second kappa shape index (κ2) is 9.61. The maximum Gasteiger partial charge on any atom is 0.337 e. The van der Waals surface area contributed by atoms with Gasteiger partial charge in [-0.1, -0.05) is 19.4 Å². The van der Waals surface area contributed by atoms with Gasteiger partial charge in [0.25, 0.3) is 0 Å². The van der Waals surface area contributed by atoms with Gasteiger partial charge < -0.3 is 15.0 Å². The van der Waals surface area contributed by atoms with E-state index in [0.29, 0.717) is 30.8 Å². The number of rotatable bonds is 8. The number of methoxy groups -OCH3 is 1. The van der Waals surface area contributed by atoms with Gasteiger partial charge in [-0.2, -0.15) is 0 Å². The molecule has 23 heavy (non-hydrogen) atoms. The fraction of sp³-hybridized carbons (Fsp3) is 0.471. The molecule has 126 valence electrons. The van der Waals surface area contributed by atoms with E-state index in [0.717, 1.165) is 12.8 Å². The van der Waals surface area contributed by atoms with Crippen LogP contribution in [0, 0.1) is 0 Å². The Morgan fingerprint density at radius 2 is 2.00 bits per heavy atom. The smallest absolute Gasteiger partial charge is 0.337 e. The standard InChI is InChI=1S/C17H24N2O4/c1-4-5-9-16(21)18-10-11-19(13(2)20)15-8-6-7-14(12-15)17(22)23-3/h6-8,12H,4-5,9-11H2,1-3H3,(H,18,21). The van der Waals surface area contributed by atoms with Crippen molar-refractivity contribution in [2.75, 3.05) is 25.1 Å². The summed E-state index contributed by atoms with van der Waals surface area (Å²) in [5, 5.41) is 2.80. The number of carbonyl (C=O) groups excluding carboxylic acids is 3. The van der Waals surface area contributed by atoms with E-state index in [2.05, 4.69) is 10.1 Å². The van der Waals surface area contributed by atoms with Crippen LogP contribution >= 0.6 is 0 Å². The number of esters is 1. The van der Waals surface area contributed by atoms with Crippen molar-refractivity contribution in [3.05, 3.63) is 29.8 Å². The molecule has 0 aromatic heterocycles. The first-order valence-corrected chi connectivity index (χ1v) is 7.72. The number of hydrogen-bond donors (Lipinski definition) is 1. The fourth-order valence-electron chi connectivity index (χ4n) is 2.12. The number of ether oxygens (including phenoxy) is 1. The SMILES string of the molecule is CCCCC(=O)NCCN(C(C)=O)c1cccc(C(=O)OC)c1. The third-order valence-electron chi connectivity index (χ3n) is 3.37. The Kier molecular flexibility index (Phi) is 7.80. The number of benzene rings is 1. The zero-order valence-electron chi connectivity index (χ0n) is 13.9. The van der Waals surface area contributed by atoms with Crippen LogP contribution < -0.4 is 10.2 Å². The fourth-order valence-corrected chi connectivity index (χ4v) is 2.12. The largest absolute Gasteiger partial charge is 0.465 e. The molecular weight excluding hydrogens is 296 g/mol. The molecule has 0 saturated carbocycles. The monoisotopic (exact) mass is 320 g/mol. The molecule has 0 aliphatic rings. The van der Waals surface area contributed by atoms with Gasteiger partial charge in [0.15, 0.2) is 0 Å². The van der Waals surface area contributed by atoms with Crippen molar-refractivity contribution in [3.8, 4) is 0 Å². The number of nitrogens with zero attached hydrogens (tertiary/aromatic N) is 1. The number of carbonyl (C=O) groups is 3. The minimum atomic E-state index is -0.455. The number of amides is 2. The normalized spacial score (nSPS) is 10.0. The van der Waals surface area contributed by atoms with E-state index in [4.69, 9.17) is 0 Å². The summed E-state index contributed by atoms with van der Waals surface area (Å²) in [4.78, 5) is 36.5. The van der Waals surface area contributed by atoms with Crippen molar-refractivity contribution < 1.29 is 19.1 Å². The van der Waals surface area contributed by atoms with Crippen molar-refractivity contribution in [3.63, 3.8) is 0 Å². The minimum absolute atomic E-state index is 0.0151. The molecule has 0 fully saturated rings. The lowest BCUT2D eigenvalue weighted by atomic mass is 10.2. The van der Waals surface area contributed by atoms with E-state index >= 15 is 0 Å². The molecule has 0 bridgehead atoms. The molecule has 0 aliphatic carbocycles. The summed E-state index contributed by atoms with van der Waals surface area (Å²) in [6, 6.07) is 6.66. The first kappa shape index (κ1) is 18.7. The van der Waals surface area contributed by atoms with E-state index < -0.39 is 5.97 Å². The Morgan fingerprint density at radius 1 is 1.26 bits per heavy atom. The Bertz CT molecular complexity index is 557. The van der Waals surface area contributed by atoms with Crippen LogP contribution in [0.4, 0.5) is 5.69 Å². The Hall–Kier alpha value is -2.37. The van der Waals surface area contributed by atoms with Gasteiger partial charge in [0, 0.05) is 32.1 Å². The lowest BCUT2D eigenvalue weighted by Gasteiger charge is -2.22. The summed E-state index contributed by atoms with van der Waals surface area (Å²) in [5.74, 6) is -0.628. The Morgan fingerprint density at radius 3 is 2.61 bits per heavy atom. The highest BCUT2D eigenvalue weighted by Gasteiger charge is 2.14. The van der Waals surface area contributed by atoms with Gasteiger partial charge in [0.2, 0.25) is 11.8 Å². The third kappa shape index (κ3) is 6.10. The zero-order valence-corrected chi connectivity index (χ0v) is 13.9. The highest BCUT2D eigenvalue weighted by Crippen LogP contribution is 2.17. The maximum atomic E-state index is 11.8. The Balaban J connectivity index is 2.70. The highest BCUT2D eigenvalue weighted by molar-refractivity contribution is 5.95. The van der Waals surface area contributed by atoms with Gasteiger partial charge >= 0.3 is 5.97 Å². The summed E-state index contributed by atoms with van der Waals surface area (Å²) in [6.45, 7) is 4.19. The molecule has 1 N–H and O–H groups in total. The molecule has 2 amide bonds. The third-order valence-corrected chi connectivity index (χ3v) is 3.37. The average Bonchev–Trinajstić information content (AvgIpc) is 2.55. The lowest BCUT2D eigenvalue weighted by Crippen LogP contribution is -2.37. The maximum absolute atomic E-state index is 11.8. The highest BCUT2D eigenvalue weighted by atomic mass is 16.5. The van der Waals surface area contributed by atoms with Gasteiger partial charge in [-0.15, -0.1) is 0 Å². The molecule has 0 heterocycles. The molecule has 1 aromatic rings. The predicted octanol–water partition coefficient (Wildman–Crippen LogP) is 2.13. The second-order valence-corrected chi connectivity index (χ2v) is 5.17. The van der Waals surface area contributed by atoms with E-state index in [1.165, 1.54) is 18.9 Å². The van der Waals surface area contributed by atoms with Crippen molar-refractivity contribution in [1.29, 1.82) is 0 Å². The average molecular weight is 320 g/mol. The molecule has 0 unspecified atom stereocenters. The van der Waals surface area contributed by atoms with Gasteiger partial charge in [-0.3, -0.25) is 9.59 Å². The van der Waals surface area contributed by atoms with Crippen molar-refractivity contribution >= 4 is 23.5 Å². The van der Waals surface area contributed by atoms with Crippen molar-refractivity contribution in [1.82, 2.24) is 5.32 Å². The lowest BCUT2D eigenvalue weighted by molar-refractivity contribution is -0.121. The summed E-state index contributed by atoms with van der Waals surface area (Å²) >= 11 is 0. The van der Waals surface area contributed by atoms with Crippen LogP contribution in [0.1, 0.15) is 43.5 Å². The van der Waals surface area contributed by atoms with Crippen LogP contribution in [0.5, 0.6) is 0 Å². The number of anilines is 1. The predicted molar refractivity (Wildman–Crippen MR) is 88.3 cm³/mol.